The van der Waals surface area contributed by atoms with Crippen LogP contribution < -0.4 is 4.90 Å². The van der Waals surface area contributed by atoms with Crippen LogP contribution in [-0.2, 0) is 4.79 Å². The van der Waals surface area contributed by atoms with Gasteiger partial charge in [0.25, 0.3) is 0 Å². The first kappa shape index (κ1) is 14.4. The maximum atomic E-state index is 10.9. The molecule has 0 unspecified atom stereocenters. The molecule has 1 aliphatic heterocycles. The van der Waals surface area contributed by atoms with Gasteiger partial charge in [-0.3, -0.25) is 0 Å². The molecular formula is C19H18N2OS. The fraction of sp³-hybridized carbons (Fsp3) is 0.263. The van der Waals surface area contributed by atoms with E-state index in [0.717, 1.165) is 37.3 Å². The molecule has 23 heavy (non-hydrogen) atoms. The van der Waals surface area contributed by atoms with E-state index >= 15 is 0 Å². The molecule has 1 fully saturated rings. The summed E-state index contributed by atoms with van der Waals surface area (Å²) < 4.78 is 0. The molecule has 3 aromatic rings. The zero-order valence-corrected chi connectivity index (χ0v) is 13.6. The molecule has 0 saturated carbocycles. The Kier molecular flexibility index (Phi) is 3.83. The molecule has 0 atom stereocenters. The number of anilines is 1. The second-order valence-corrected chi connectivity index (χ2v) is 7.00. The van der Waals surface area contributed by atoms with Gasteiger partial charge in [-0.25, -0.2) is 4.98 Å². The van der Waals surface area contributed by atoms with Gasteiger partial charge in [0, 0.05) is 30.8 Å². The number of carbonyl (C=O) groups excluding carboxylic acids is 1. The van der Waals surface area contributed by atoms with Crippen molar-refractivity contribution < 1.29 is 4.79 Å². The first-order chi connectivity index (χ1) is 11.3. The highest BCUT2D eigenvalue weighted by atomic mass is 32.1. The number of nitrogens with zero attached hydrogens (tertiary/aromatic N) is 2. The van der Waals surface area contributed by atoms with Gasteiger partial charge in [-0.05, 0) is 23.6 Å². The van der Waals surface area contributed by atoms with Gasteiger partial charge in [0.05, 0.1) is 4.88 Å². The summed E-state index contributed by atoms with van der Waals surface area (Å²) >= 11 is 1.74. The van der Waals surface area contributed by atoms with Gasteiger partial charge in [-0.2, -0.15) is 0 Å². The zero-order valence-electron chi connectivity index (χ0n) is 12.8. The van der Waals surface area contributed by atoms with Gasteiger partial charge in [0.2, 0.25) is 0 Å². The lowest BCUT2D eigenvalue weighted by molar-refractivity contribution is -0.111. The largest absolute Gasteiger partial charge is 0.348 e. The van der Waals surface area contributed by atoms with Gasteiger partial charge < -0.3 is 9.69 Å². The first-order valence-corrected chi connectivity index (χ1v) is 8.81. The average molecular weight is 322 g/mol. The summed E-state index contributed by atoms with van der Waals surface area (Å²) in [5.41, 5.74) is 1.25. The Hall–Kier alpha value is -2.20. The minimum atomic E-state index is 0.226. The molecule has 0 amide bonds. The van der Waals surface area contributed by atoms with Crippen LogP contribution >= 0.6 is 11.3 Å². The number of thiazole rings is 1. The molecule has 0 bridgehead atoms. The summed E-state index contributed by atoms with van der Waals surface area (Å²) in [5.74, 6) is 0.226. The van der Waals surface area contributed by atoms with E-state index in [1.54, 1.807) is 11.3 Å². The normalized spacial score (nSPS) is 15.9. The van der Waals surface area contributed by atoms with Gasteiger partial charge >= 0.3 is 0 Å². The zero-order chi connectivity index (χ0) is 15.6. The number of hydrogen-bond donors (Lipinski definition) is 0. The number of fused-ring (bicyclic) bond motifs is 1. The summed E-state index contributed by atoms with van der Waals surface area (Å²) in [4.78, 5) is 19.0. The fourth-order valence-corrected chi connectivity index (χ4v) is 4.21. The van der Waals surface area contributed by atoms with Crippen molar-refractivity contribution in [2.75, 3.05) is 18.0 Å². The van der Waals surface area contributed by atoms with Gasteiger partial charge in [0.1, 0.15) is 6.29 Å². The minimum absolute atomic E-state index is 0.226. The Balaban J connectivity index is 1.64. The third kappa shape index (κ3) is 2.75. The van der Waals surface area contributed by atoms with Crippen molar-refractivity contribution >= 4 is 33.5 Å². The molecule has 3 nitrogen and oxygen atoms in total. The molecule has 4 heteroatoms. The van der Waals surface area contributed by atoms with Crippen LogP contribution in [0.25, 0.3) is 21.2 Å². The molecule has 2 heterocycles. The van der Waals surface area contributed by atoms with Crippen LogP contribution in [-0.4, -0.2) is 24.4 Å². The van der Waals surface area contributed by atoms with Crippen molar-refractivity contribution in [3.8, 4) is 10.4 Å². The summed E-state index contributed by atoms with van der Waals surface area (Å²) in [5, 5.41) is 3.59. The number of aromatic nitrogens is 1. The van der Waals surface area contributed by atoms with E-state index in [1.807, 2.05) is 6.20 Å². The molecule has 0 radical (unpaired) electrons. The Morgan fingerprint density at radius 3 is 2.70 bits per heavy atom. The lowest BCUT2D eigenvalue weighted by atomic mass is 9.99. The van der Waals surface area contributed by atoms with E-state index in [1.165, 1.54) is 21.2 Å². The van der Waals surface area contributed by atoms with Crippen molar-refractivity contribution in [2.45, 2.75) is 12.8 Å². The second-order valence-electron chi connectivity index (χ2n) is 5.99. The van der Waals surface area contributed by atoms with E-state index in [-0.39, 0.29) is 5.92 Å². The minimum Gasteiger partial charge on any atom is -0.348 e. The topological polar surface area (TPSA) is 33.2 Å². The molecule has 0 N–H and O–H groups in total. The molecule has 1 saturated heterocycles. The standard InChI is InChI=1S/C19H18N2OS/c22-13-14-8-10-21(11-9-14)19-20-12-18(23-19)17-7-3-5-15-4-1-2-6-16(15)17/h1-7,12-14H,8-11H2. The van der Waals surface area contributed by atoms with Gasteiger partial charge in [-0.1, -0.05) is 53.8 Å². The van der Waals surface area contributed by atoms with Crippen LogP contribution in [0.3, 0.4) is 0 Å². The van der Waals surface area contributed by atoms with E-state index < -0.39 is 0 Å². The lowest BCUT2D eigenvalue weighted by Crippen LogP contribution is -2.33. The van der Waals surface area contributed by atoms with Crippen molar-refractivity contribution in [1.29, 1.82) is 0 Å². The van der Waals surface area contributed by atoms with Crippen LogP contribution in [0, 0.1) is 5.92 Å². The van der Waals surface area contributed by atoms with E-state index in [4.69, 9.17) is 0 Å². The highest BCUT2D eigenvalue weighted by molar-refractivity contribution is 7.19. The third-order valence-corrected chi connectivity index (χ3v) is 5.64. The van der Waals surface area contributed by atoms with E-state index in [2.05, 4.69) is 52.3 Å². The van der Waals surface area contributed by atoms with Crippen LogP contribution in [0.4, 0.5) is 5.13 Å². The van der Waals surface area contributed by atoms with Gasteiger partial charge in [0.15, 0.2) is 5.13 Å². The Morgan fingerprint density at radius 1 is 1.09 bits per heavy atom. The Bertz CT molecular complexity index is 829. The fourth-order valence-electron chi connectivity index (χ4n) is 3.20. The molecule has 0 spiro atoms. The Morgan fingerprint density at radius 2 is 1.87 bits per heavy atom. The van der Waals surface area contributed by atoms with Crippen molar-refractivity contribution in [2.24, 2.45) is 5.92 Å². The highest BCUT2D eigenvalue weighted by Gasteiger charge is 2.21. The van der Waals surface area contributed by atoms with E-state index in [9.17, 15) is 4.79 Å². The van der Waals surface area contributed by atoms with Crippen LogP contribution in [0.2, 0.25) is 0 Å². The average Bonchev–Trinajstić information content (AvgIpc) is 3.11. The highest BCUT2D eigenvalue weighted by Crippen LogP contribution is 2.36. The molecule has 116 valence electrons. The monoisotopic (exact) mass is 322 g/mol. The third-order valence-electron chi connectivity index (χ3n) is 4.55. The molecule has 4 rings (SSSR count). The second kappa shape index (κ2) is 6.13. The maximum absolute atomic E-state index is 10.9. The summed E-state index contributed by atoms with van der Waals surface area (Å²) in [7, 11) is 0. The molecular weight excluding hydrogens is 304 g/mol. The molecule has 1 aromatic heterocycles. The maximum Gasteiger partial charge on any atom is 0.185 e. The smallest absolute Gasteiger partial charge is 0.185 e. The number of benzene rings is 2. The number of aldehydes is 1. The molecule has 2 aromatic carbocycles. The summed E-state index contributed by atoms with van der Waals surface area (Å²) in [6.45, 7) is 1.85. The number of carbonyl (C=O) groups is 1. The molecule has 1 aliphatic rings. The van der Waals surface area contributed by atoms with Crippen molar-refractivity contribution in [3.63, 3.8) is 0 Å². The van der Waals surface area contributed by atoms with Crippen molar-refractivity contribution in [1.82, 2.24) is 4.98 Å². The quantitative estimate of drug-likeness (QED) is 0.671. The molecule has 0 aliphatic carbocycles. The number of piperidine rings is 1. The number of rotatable bonds is 3. The summed E-state index contributed by atoms with van der Waals surface area (Å²) in [6.07, 6.45) is 4.95. The van der Waals surface area contributed by atoms with Crippen LogP contribution in [0.15, 0.2) is 48.7 Å². The van der Waals surface area contributed by atoms with Gasteiger partial charge in [-0.15, -0.1) is 0 Å². The number of hydrogen-bond acceptors (Lipinski definition) is 4. The predicted molar refractivity (Wildman–Crippen MR) is 96.1 cm³/mol. The van der Waals surface area contributed by atoms with Crippen LogP contribution in [0.5, 0.6) is 0 Å². The SMILES string of the molecule is O=CC1CCN(c2ncc(-c3cccc4ccccc34)s2)CC1. The summed E-state index contributed by atoms with van der Waals surface area (Å²) in [6, 6.07) is 14.9. The van der Waals surface area contributed by atoms with Crippen molar-refractivity contribution in [3.05, 3.63) is 48.7 Å². The lowest BCUT2D eigenvalue weighted by Gasteiger charge is -2.29. The van der Waals surface area contributed by atoms with Crippen LogP contribution in [0.1, 0.15) is 12.8 Å². The Labute approximate surface area is 139 Å². The van der Waals surface area contributed by atoms with E-state index in [0.29, 0.717) is 0 Å². The first-order valence-electron chi connectivity index (χ1n) is 7.99. The predicted octanol–water partition coefficient (Wildman–Crippen LogP) is 4.38.